The summed E-state index contributed by atoms with van der Waals surface area (Å²) in [6.07, 6.45) is 1.57. The van der Waals surface area contributed by atoms with Gasteiger partial charge in [-0.25, -0.2) is 9.37 Å². The molecule has 0 aliphatic carbocycles. The number of fused-ring (bicyclic) bond motifs is 1. The number of thiazole rings is 1. The predicted molar refractivity (Wildman–Crippen MR) is 125 cm³/mol. The summed E-state index contributed by atoms with van der Waals surface area (Å²) < 4.78 is 25.0. The smallest absolute Gasteiger partial charge is 0.280 e. The lowest BCUT2D eigenvalue weighted by Gasteiger charge is -2.14. The Morgan fingerprint density at radius 1 is 1.12 bits per heavy atom. The fraction of sp³-hybridized carbons (Fsp3) is 0.125. The Kier molecular flexibility index (Phi) is 6.42. The van der Waals surface area contributed by atoms with E-state index in [1.165, 1.54) is 35.6 Å². The lowest BCUT2D eigenvalue weighted by atomic mass is 10.2. The van der Waals surface area contributed by atoms with Gasteiger partial charge < -0.3 is 9.47 Å². The number of nitrogens with zero attached hydrogens (tertiary/aromatic N) is 3. The molecule has 3 aromatic carbocycles. The molecule has 1 heterocycles. The van der Waals surface area contributed by atoms with Crippen molar-refractivity contribution in [3.05, 3.63) is 83.7 Å². The van der Waals surface area contributed by atoms with Gasteiger partial charge in [0.2, 0.25) is 5.13 Å². The average molecular weight is 450 g/mol. The molecule has 1 amide bonds. The second-order valence-corrected chi connectivity index (χ2v) is 7.71. The summed E-state index contributed by atoms with van der Waals surface area (Å²) in [6.45, 7) is 2.50. The van der Waals surface area contributed by atoms with E-state index in [2.05, 4.69) is 10.1 Å². The third kappa shape index (κ3) is 4.76. The van der Waals surface area contributed by atoms with E-state index in [1.807, 2.05) is 31.2 Å². The van der Waals surface area contributed by atoms with E-state index in [0.29, 0.717) is 33.3 Å². The molecule has 0 saturated heterocycles. The molecule has 6 nitrogen and oxygen atoms in total. The highest BCUT2D eigenvalue weighted by molar-refractivity contribution is 7.22. The SMILES string of the molecule is CCOc1ccc(/C=N/N(C(=O)c2cccc(OC)c2)c2nc3ccc(F)cc3s2)cc1. The Labute approximate surface area is 188 Å². The van der Waals surface area contributed by atoms with Crippen LogP contribution in [0, 0.1) is 5.82 Å². The summed E-state index contributed by atoms with van der Waals surface area (Å²) in [7, 11) is 1.54. The number of amides is 1. The van der Waals surface area contributed by atoms with Crippen molar-refractivity contribution in [3.63, 3.8) is 0 Å². The van der Waals surface area contributed by atoms with Gasteiger partial charge in [-0.05, 0) is 73.2 Å². The number of anilines is 1. The standard InChI is InChI=1S/C24H20FN3O3S/c1-3-31-19-10-7-16(8-11-19)15-26-28(23(29)17-5-4-6-20(13-17)30-2)24-27-21-12-9-18(25)14-22(21)32-24/h4-15H,3H2,1-2H3/b26-15+. The van der Waals surface area contributed by atoms with Crippen molar-refractivity contribution in [2.24, 2.45) is 5.10 Å². The lowest BCUT2D eigenvalue weighted by molar-refractivity contribution is 0.0987. The van der Waals surface area contributed by atoms with Crippen LogP contribution in [-0.4, -0.2) is 30.8 Å². The molecule has 32 heavy (non-hydrogen) atoms. The maximum Gasteiger partial charge on any atom is 0.280 e. The van der Waals surface area contributed by atoms with E-state index in [1.54, 1.807) is 36.5 Å². The molecule has 4 rings (SSSR count). The maximum atomic E-state index is 13.7. The van der Waals surface area contributed by atoms with Crippen LogP contribution in [0.3, 0.4) is 0 Å². The lowest BCUT2D eigenvalue weighted by Crippen LogP contribution is -2.25. The first-order valence-electron chi connectivity index (χ1n) is 9.89. The Bertz CT molecular complexity index is 1270. The van der Waals surface area contributed by atoms with Gasteiger partial charge in [0, 0.05) is 5.56 Å². The van der Waals surface area contributed by atoms with Crippen LogP contribution in [0.4, 0.5) is 9.52 Å². The van der Waals surface area contributed by atoms with Crippen molar-refractivity contribution in [2.45, 2.75) is 6.92 Å². The van der Waals surface area contributed by atoms with E-state index in [4.69, 9.17) is 9.47 Å². The molecule has 8 heteroatoms. The summed E-state index contributed by atoms with van der Waals surface area (Å²) in [6, 6.07) is 18.5. The van der Waals surface area contributed by atoms with Crippen molar-refractivity contribution >= 4 is 38.8 Å². The number of methoxy groups -OCH3 is 1. The Morgan fingerprint density at radius 3 is 2.69 bits per heavy atom. The highest BCUT2D eigenvalue weighted by Crippen LogP contribution is 2.31. The zero-order valence-electron chi connectivity index (χ0n) is 17.5. The molecule has 0 spiro atoms. The first-order valence-corrected chi connectivity index (χ1v) is 10.7. The number of benzene rings is 3. The third-order valence-corrected chi connectivity index (χ3v) is 5.54. The van der Waals surface area contributed by atoms with E-state index in [-0.39, 0.29) is 11.7 Å². The molecule has 0 aliphatic heterocycles. The molecule has 1 aromatic heterocycles. The van der Waals surface area contributed by atoms with Crippen molar-refractivity contribution in [2.75, 3.05) is 18.7 Å². The first-order chi connectivity index (χ1) is 15.6. The molecule has 0 atom stereocenters. The van der Waals surface area contributed by atoms with Crippen molar-refractivity contribution < 1.29 is 18.7 Å². The summed E-state index contributed by atoms with van der Waals surface area (Å²) in [5, 5.41) is 5.97. The van der Waals surface area contributed by atoms with Crippen LogP contribution in [0.15, 0.2) is 71.8 Å². The van der Waals surface area contributed by atoms with Gasteiger partial charge in [0.05, 0.1) is 30.1 Å². The van der Waals surface area contributed by atoms with Crippen LogP contribution in [0.25, 0.3) is 10.2 Å². The van der Waals surface area contributed by atoms with Crippen LogP contribution in [0.2, 0.25) is 0 Å². The fourth-order valence-corrected chi connectivity index (χ4v) is 3.93. The molecule has 0 radical (unpaired) electrons. The Balaban J connectivity index is 1.71. The van der Waals surface area contributed by atoms with Crippen LogP contribution >= 0.6 is 11.3 Å². The topological polar surface area (TPSA) is 64.0 Å². The van der Waals surface area contributed by atoms with Crippen LogP contribution in [0.1, 0.15) is 22.8 Å². The number of carbonyl (C=O) groups excluding carboxylic acids is 1. The zero-order chi connectivity index (χ0) is 22.5. The molecule has 0 N–H and O–H groups in total. The number of hydrogen-bond acceptors (Lipinski definition) is 6. The van der Waals surface area contributed by atoms with E-state index >= 15 is 0 Å². The molecule has 0 aliphatic rings. The summed E-state index contributed by atoms with van der Waals surface area (Å²) in [4.78, 5) is 17.8. The van der Waals surface area contributed by atoms with E-state index < -0.39 is 0 Å². The van der Waals surface area contributed by atoms with Crippen LogP contribution in [0.5, 0.6) is 11.5 Å². The van der Waals surface area contributed by atoms with Crippen molar-refractivity contribution in [3.8, 4) is 11.5 Å². The Morgan fingerprint density at radius 2 is 1.94 bits per heavy atom. The fourth-order valence-electron chi connectivity index (χ4n) is 2.99. The molecular formula is C24H20FN3O3S. The second kappa shape index (κ2) is 9.57. The van der Waals surface area contributed by atoms with Gasteiger partial charge in [0.15, 0.2) is 0 Å². The largest absolute Gasteiger partial charge is 0.497 e. The van der Waals surface area contributed by atoms with Gasteiger partial charge in [-0.1, -0.05) is 17.4 Å². The minimum Gasteiger partial charge on any atom is -0.497 e. The average Bonchev–Trinajstić information content (AvgIpc) is 3.23. The highest BCUT2D eigenvalue weighted by atomic mass is 32.1. The summed E-state index contributed by atoms with van der Waals surface area (Å²) in [5.74, 6) is 0.557. The van der Waals surface area contributed by atoms with Crippen molar-refractivity contribution in [1.82, 2.24) is 4.98 Å². The minimum atomic E-state index is -0.384. The van der Waals surface area contributed by atoms with Gasteiger partial charge in [-0.15, -0.1) is 0 Å². The zero-order valence-corrected chi connectivity index (χ0v) is 18.3. The van der Waals surface area contributed by atoms with E-state index in [9.17, 15) is 9.18 Å². The Hall–Kier alpha value is -3.78. The van der Waals surface area contributed by atoms with Crippen LogP contribution < -0.4 is 14.5 Å². The minimum absolute atomic E-state index is 0.334. The second-order valence-electron chi connectivity index (χ2n) is 6.70. The quantitative estimate of drug-likeness (QED) is 0.275. The molecular weight excluding hydrogens is 429 g/mol. The molecule has 0 saturated carbocycles. The highest BCUT2D eigenvalue weighted by Gasteiger charge is 2.21. The summed E-state index contributed by atoms with van der Waals surface area (Å²) in [5.41, 5.74) is 1.76. The number of hydrazone groups is 1. The third-order valence-electron chi connectivity index (χ3n) is 4.54. The number of hydrogen-bond donors (Lipinski definition) is 0. The molecule has 0 bridgehead atoms. The first kappa shape index (κ1) is 21.5. The molecule has 0 unspecified atom stereocenters. The van der Waals surface area contributed by atoms with E-state index in [0.717, 1.165) is 11.3 Å². The number of ether oxygens (including phenoxy) is 2. The predicted octanol–water partition coefficient (Wildman–Crippen LogP) is 5.52. The number of halogens is 1. The van der Waals surface area contributed by atoms with Crippen molar-refractivity contribution in [1.29, 1.82) is 0 Å². The van der Waals surface area contributed by atoms with Gasteiger partial charge in [-0.2, -0.15) is 10.1 Å². The van der Waals surface area contributed by atoms with Gasteiger partial charge in [0.25, 0.3) is 5.91 Å². The van der Waals surface area contributed by atoms with Gasteiger partial charge >= 0.3 is 0 Å². The number of rotatable bonds is 7. The van der Waals surface area contributed by atoms with Crippen LogP contribution in [-0.2, 0) is 0 Å². The normalized spacial score (nSPS) is 11.1. The summed E-state index contributed by atoms with van der Waals surface area (Å²) >= 11 is 1.19. The molecule has 162 valence electrons. The van der Waals surface area contributed by atoms with Gasteiger partial charge in [-0.3, -0.25) is 4.79 Å². The molecule has 0 fully saturated rings. The monoisotopic (exact) mass is 449 g/mol. The van der Waals surface area contributed by atoms with Gasteiger partial charge in [0.1, 0.15) is 17.3 Å². The number of carbonyl (C=O) groups is 1. The maximum absolute atomic E-state index is 13.7. The number of aromatic nitrogens is 1. The molecule has 4 aromatic rings.